The van der Waals surface area contributed by atoms with Gasteiger partial charge in [-0.05, 0) is 49.2 Å². The molecule has 29 heavy (non-hydrogen) atoms. The highest BCUT2D eigenvalue weighted by Crippen LogP contribution is 2.23. The first-order chi connectivity index (χ1) is 14.0. The molecule has 0 bridgehead atoms. The number of nitrogens with one attached hydrogen (secondary N) is 1. The first-order valence-corrected chi connectivity index (χ1v) is 10.6. The zero-order valence-corrected chi connectivity index (χ0v) is 17.3. The summed E-state index contributed by atoms with van der Waals surface area (Å²) in [6, 6.07) is 11.5. The maximum absolute atomic E-state index is 12.2. The Balaban J connectivity index is 1.45. The minimum absolute atomic E-state index is 0.0488. The van der Waals surface area contributed by atoms with Crippen LogP contribution in [0.1, 0.15) is 19.3 Å². The number of amides is 2. The molecule has 8 heteroatoms. The maximum Gasteiger partial charge on any atom is 0.225 e. The van der Waals surface area contributed by atoms with E-state index >= 15 is 0 Å². The Morgan fingerprint density at radius 3 is 2.72 bits per heavy atom. The molecule has 1 atom stereocenters. The molecule has 1 aromatic carbocycles. The van der Waals surface area contributed by atoms with E-state index in [1.54, 1.807) is 25.1 Å². The summed E-state index contributed by atoms with van der Waals surface area (Å²) in [5.41, 5.74) is 6.10. The van der Waals surface area contributed by atoms with Gasteiger partial charge in [0.05, 0.1) is 24.9 Å². The normalized spacial score (nSPS) is 16.3. The molecule has 1 fully saturated rings. The second-order valence-corrected chi connectivity index (χ2v) is 8.08. The molecule has 0 aliphatic carbocycles. The minimum atomic E-state index is -0.258. The lowest BCUT2D eigenvalue weighted by atomic mass is 9.97. The maximum atomic E-state index is 12.2. The first kappa shape index (κ1) is 21.0. The number of hydrogen-bond acceptors (Lipinski definition) is 6. The molecular formula is C21H26N4O3S. The number of nitrogens with two attached hydrogens (primary N) is 1. The zero-order valence-electron chi connectivity index (χ0n) is 16.5. The number of carbonyl (C=O) groups is 2. The second-order valence-electron chi connectivity index (χ2n) is 6.91. The third-order valence-corrected chi connectivity index (χ3v) is 5.85. The van der Waals surface area contributed by atoms with Gasteiger partial charge < -0.3 is 20.7 Å². The summed E-state index contributed by atoms with van der Waals surface area (Å²) in [6.07, 6.45) is 3.80. The Morgan fingerprint density at radius 1 is 1.28 bits per heavy atom. The number of carbonyl (C=O) groups excluding carboxylic acids is 2. The number of primary amides is 1. The first-order valence-electron chi connectivity index (χ1n) is 9.62. The number of rotatable bonds is 8. The van der Waals surface area contributed by atoms with E-state index in [0.29, 0.717) is 24.4 Å². The molecule has 1 saturated heterocycles. The number of benzene rings is 1. The SMILES string of the molecule is COc1ccc(SCCC(=O)Nc2ccc(N3CCCC(C(N)=O)C3)nc2)cc1. The smallest absolute Gasteiger partial charge is 0.225 e. The van der Waals surface area contributed by atoms with Gasteiger partial charge in [-0.25, -0.2) is 4.98 Å². The van der Waals surface area contributed by atoms with E-state index in [9.17, 15) is 9.59 Å². The predicted molar refractivity (Wildman–Crippen MR) is 115 cm³/mol. The molecule has 1 aromatic heterocycles. The number of ether oxygens (including phenoxy) is 1. The van der Waals surface area contributed by atoms with Crippen LogP contribution in [0.15, 0.2) is 47.5 Å². The number of methoxy groups -OCH3 is 1. The van der Waals surface area contributed by atoms with Gasteiger partial charge in [-0.15, -0.1) is 11.8 Å². The molecule has 2 amide bonds. The summed E-state index contributed by atoms with van der Waals surface area (Å²) in [5, 5.41) is 2.88. The minimum Gasteiger partial charge on any atom is -0.497 e. The van der Waals surface area contributed by atoms with E-state index in [1.807, 2.05) is 36.4 Å². The van der Waals surface area contributed by atoms with E-state index in [0.717, 1.165) is 35.8 Å². The molecule has 7 nitrogen and oxygen atoms in total. The van der Waals surface area contributed by atoms with Crippen LogP contribution in [-0.4, -0.2) is 42.8 Å². The summed E-state index contributed by atoms with van der Waals surface area (Å²) in [6.45, 7) is 1.45. The number of anilines is 2. The molecule has 1 aliphatic rings. The Labute approximate surface area is 175 Å². The van der Waals surface area contributed by atoms with Gasteiger partial charge in [0.15, 0.2) is 0 Å². The molecule has 2 aromatic rings. The lowest BCUT2D eigenvalue weighted by Gasteiger charge is -2.32. The highest BCUT2D eigenvalue weighted by atomic mass is 32.2. The fourth-order valence-corrected chi connectivity index (χ4v) is 4.07. The van der Waals surface area contributed by atoms with Crippen molar-refractivity contribution in [3.8, 4) is 5.75 Å². The Bertz CT molecular complexity index is 827. The van der Waals surface area contributed by atoms with Crippen LogP contribution in [0.4, 0.5) is 11.5 Å². The lowest BCUT2D eigenvalue weighted by Crippen LogP contribution is -2.41. The van der Waals surface area contributed by atoms with Crippen molar-refractivity contribution in [3.05, 3.63) is 42.6 Å². The molecule has 154 valence electrons. The van der Waals surface area contributed by atoms with Crippen LogP contribution in [0.25, 0.3) is 0 Å². The second kappa shape index (κ2) is 10.2. The number of nitrogens with zero attached hydrogens (tertiary/aromatic N) is 2. The summed E-state index contributed by atoms with van der Waals surface area (Å²) in [7, 11) is 1.64. The fourth-order valence-electron chi connectivity index (χ4n) is 3.22. The average molecular weight is 415 g/mol. The summed E-state index contributed by atoms with van der Waals surface area (Å²) < 4.78 is 5.14. The van der Waals surface area contributed by atoms with Crippen molar-refractivity contribution in [1.29, 1.82) is 0 Å². The van der Waals surface area contributed by atoms with Gasteiger partial charge in [0.2, 0.25) is 11.8 Å². The third kappa shape index (κ3) is 6.12. The standard InChI is InChI=1S/C21H26N4O3S/c1-28-17-5-7-18(8-6-17)29-12-10-20(26)24-16-4-9-19(23-13-16)25-11-2-3-15(14-25)21(22)27/h4-9,13,15H,2-3,10-12,14H2,1H3,(H2,22,27)(H,24,26). The Kier molecular flexibility index (Phi) is 7.35. The lowest BCUT2D eigenvalue weighted by molar-refractivity contribution is -0.122. The highest BCUT2D eigenvalue weighted by Gasteiger charge is 2.24. The largest absolute Gasteiger partial charge is 0.497 e. The number of hydrogen-bond donors (Lipinski definition) is 2. The van der Waals surface area contributed by atoms with Gasteiger partial charge >= 0.3 is 0 Å². The number of thioether (sulfide) groups is 1. The van der Waals surface area contributed by atoms with Crippen molar-refractivity contribution in [2.75, 3.05) is 36.2 Å². The van der Waals surface area contributed by atoms with Crippen LogP contribution < -0.4 is 20.7 Å². The van der Waals surface area contributed by atoms with Crippen LogP contribution in [0.2, 0.25) is 0 Å². The molecule has 3 rings (SSSR count). The van der Waals surface area contributed by atoms with Crippen LogP contribution in [0.5, 0.6) is 5.75 Å². The summed E-state index contributed by atoms with van der Waals surface area (Å²) in [4.78, 5) is 31.2. The number of pyridine rings is 1. The van der Waals surface area contributed by atoms with Gasteiger partial charge in [-0.2, -0.15) is 0 Å². The molecule has 2 heterocycles. The van der Waals surface area contributed by atoms with Crippen molar-refractivity contribution in [1.82, 2.24) is 4.98 Å². The molecular weight excluding hydrogens is 388 g/mol. The van der Waals surface area contributed by atoms with Gasteiger partial charge in [0.25, 0.3) is 0 Å². The number of piperidine rings is 1. The molecule has 1 unspecified atom stereocenters. The molecule has 3 N–H and O–H groups in total. The highest BCUT2D eigenvalue weighted by molar-refractivity contribution is 7.99. The van der Waals surface area contributed by atoms with Crippen molar-refractivity contribution in [2.24, 2.45) is 11.7 Å². The van der Waals surface area contributed by atoms with Crippen LogP contribution in [-0.2, 0) is 9.59 Å². The van der Waals surface area contributed by atoms with E-state index in [4.69, 9.17) is 10.5 Å². The van der Waals surface area contributed by atoms with Gasteiger partial charge in [-0.1, -0.05) is 0 Å². The van der Waals surface area contributed by atoms with Gasteiger partial charge in [0, 0.05) is 30.2 Å². The third-order valence-electron chi connectivity index (χ3n) is 4.84. The van der Waals surface area contributed by atoms with Crippen LogP contribution in [0.3, 0.4) is 0 Å². The zero-order chi connectivity index (χ0) is 20.6. The van der Waals surface area contributed by atoms with E-state index in [1.165, 1.54) is 0 Å². The number of aromatic nitrogens is 1. The summed E-state index contributed by atoms with van der Waals surface area (Å²) in [5.74, 6) is 1.86. The fraction of sp³-hybridized carbons (Fsp3) is 0.381. The van der Waals surface area contributed by atoms with Crippen molar-refractivity contribution < 1.29 is 14.3 Å². The Hall–Kier alpha value is -2.74. The van der Waals surface area contributed by atoms with Crippen LogP contribution in [0, 0.1) is 5.92 Å². The molecule has 0 saturated carbocycles. The van der Waals surface area contributed by atoms with Gasteiger partial charge in [-0.3, -0.25) is 9.59 Å². The molecule has 1 aliphatic heterocycles. The van der Waals surface area contributed by atoms with E-state index in [-0.39, 0.29) is 17.7 Å². The van der Waals surface area contributed by atoms with Crippen molar-refractivity contribution >= 4 is 35.1 Å². The van der Waals surface area contributed by atoms with E-state index < -0.39 is 0 Å². The average Bonchev–Trinajstić information content (AvgIpc) is 2.75. The monoisotopic (exact) mass is 414 g/mol. The molecule has 0 radical (unpaired) electrons. The van der Waals surface area contributed by atoms with E-state index in [2.05, 4.69) is 15.2 Å². The molecule has 0 spiro atoms. The quantitative estimate of drug-likeness (QED) is 0.645. The van der Waals surface area contributed by atoms with Crippen molar-refractivity contribution in [2.45, 2.75) is 24.2 Å². The Morgan fingerprint density at radius 2 is 2.07 bits per heavy atom. The van der Waals surface area contributed by atoms with Crippen LogP contribution >= 0.6 is 11.8 Å². The topological polar surface area (TPSA) is 97.5 Å². The van der Waals surface area contributed by atoms with Gasteiger partial charge in [0.1, 0.15) is 11.6 Å². The predicted octanol–water partition coefficient (Wildman–Crippen LogP) is 2.91. The summed E-state index contributed by atoms with van der Waals surface area (Å²) >= 11 is 1.63. The van der Waals surface area contributed by atoms with Crippen molar-refractivity contribution in [3.63, 3.8) is 0 Å².